The highest BCUT2D eigenvalue weighted by Crippen LogP contribution is 2.26. The first-order valence-corrected chi connectivity index (χ1v) is 11.3. The molecule has 28 heavy (non-hydrogen) atoms. The van der Waals surface area contributed by atoms with Gasteiger partial charge in [-0.2, -0.15) is 4.31 Å². The maximum atomic E-state index is 12.9. The van der Waals surface area contributed by atoms with E-state index < -0.39 is 10.0 Å². The second kappa shape index (κ2) is 8.88. The van der Waals surface area contributed by atoms with Crippen molar-refractivity contribution in [2.24, 2.45) is 5.92 Å². The summed E-state index contributed by atoms with van der Waals surface area (Å²) in [7, 11) is -3.57. The van der Waals surface area contributed by atoms with Crippen LogP contribution in [0.25, 0.3) is 0 Å². The summed E-state index contributed by atoms with van der Waals surface area (Å²) in [6, 6.07) is 16.4. The molecule has 1 saturated heterocycles. The highest BCUT2D eigenvalue weighted by molar-refractivity contribution is 7.89. The van der Waals surface area contributed by atoms with Gasteiger partial charge in [0.2, 0.25) is 15.9 Å². The summed E-state index contributed by atoms with van der Waals surface area (Å²) in [5.74, 6) is -0.395. The summed E-state index contributed by atoms with van der Waals surface area (Å²) >= 11 is 0. The Labute approximate surface area is 167 Å². The number of amides is 1. The Balaban J connectivity index is 1.71. The molecule has 0 aromatic heterocycles. The number of piperidine rings is 1. The van der Waals surface area contributed by atoms with Gasteiger partial charge in [0.25, 0.3) is 0 Å². The molecule has 0 aliphatic carbocycles. The smallest absolute Gasteiger partial charge is 0.243 e. The van der Waals surface area contributed by atoms with E-state index in [0.29, 0.717) is 19.4 Å². The monoisotopic (exact) mass is 400 g/mol. The van der Waals surface area contributed by atoms with E-state index in [9.17, 15) is 13.2 Å². The van der Waals surface area contributed by atoms with Crippen LogP contribution >= 0.6 is 0 Å². The highest BCUT2D eigenvalue weighted by Gasteiger charge is 2.33. The Morgan fingerprint density at radius 1 is 1.14 bits per heavy atom. The molecule has 2 aromatic rings. The molecule has 1 N–H and O–H groups in total. The fraction of sp³-hybridized carbons (Fsp3) is 0.409. The third-order valence-corrected chi connectivity index (χ3v) is 7.30. The van der Waals surface area contributed by atoms with Gasteiger partial charge in [-0.3, -0.25) is 4.79 Å². The van der Waals surface area contributed by atoms with E-state index in [2.05, 4.69) is 5.32 Å². The second-order valence-electron chi connectivity index (χ2n) is 7.34. The van der Waals surface area contributed by atoms with Crippen LogP contribution in [0.5, 0.6) is 0 Å². The molecule has 2 aromatic carbocycles. The van der Waals surface area contributed by atoms with E-state index in [-0.39, 0.29) is 29.3 Å². The number of rotatable bonds is 6. The first kappa shape index (κ1) is 20.6. The first-order valence-electron chi connectivity index (χ1n) is 9.84. The fourth-order valence-corrected chi connectivity index (χ4v) is 5.33. The Morgan fingerprint density at radius 2 is 1.82 bits per heavy atom. The topological polar surface area (TPSA) is 66.5 Å². The zero-order valence-electron chi connectivity index (χ0n) is 16.5. The highest BCUT2D eigenvalue weighted by atomic mass is 32.2. The van der Waals surface area contributed by atoms with Gasteiger partial charge in [0.1, 0.15) is 0 Å². The molecule has 1 aliphatic heterocycles. The van der Waals surface area contributed by atoms with Crippen LogP contribution in [0.4, 0.5) is 0 Å². The number of carbonyl (C=O) groups excluding carboxylic acids is 1. The van der Waals surface area contributed by atoms with E-state index in [4.69, 9.17) is 0 Å². The van der Waals surface area contributed by atoms with Crippen molar-refractivity contribution in [1.29, 1.82) is 0 Å². The second-order valence-corrected chi connectivity index (χ2v) is 9.28. The van der Waals surface area contributed by atoms with Gasteiger partial charge in [-0.15, -0.1) is 0 Å². The van der Waals surface area contributed by atoms with E-state index in [1.165, 1.54) is 4.31 Å². The van der Waals surface area contributed by atoms with Crippen molar-refractivity contribution in [1.82, 2.24) is 9.62 Å². The van der Waals surface area contributed by atoms with Gasteiger partial charge >= 0.3 is 0 Å². The maximum absolute atomic E-state index is 12.9. The van der Waals surface area contributed by atoms with Crippen molar-refractivity contribution in [2.45, 2.75) is 44.0 Å². The molecule has 1 fully saturated rings. The van der Waals surface area contributed by atoms with E-state index in [1.54, 1.807) is 30.3 Å². The van der Waals surface area contributed by atoms with Crippen LogP contribution in [-0.2, 0) is 14.8 Å². The quantitative estimate of drug-likeness (QED) is 0.805. The van der Waals surface area contributed by atoms with Crippen molar-refractivity contribution in [3.05, 3.63) is 65.7 Å². The van der Waals surface area contributed by atoms with Gasteiger partial charge < -0.3 is 5.32 Å². The number of hydrogen-bond acceptors (Lipinski definition) is 3. The number of sulfonamides is 1. The summed E-state index contributed by atoms with van der Waals surface area (Å²) in [5, 5.41) is 3.14. The minimum atomic E-state index is -3.57. The van der Waals surface area contributed by atoms with E-state index in [0.717, 1.165) is 17.5 Å². The minimum absolute atomic E-state index is 0.0604. The van der Waals surface area contributed by atoms with E-state index >= 15 is 0 Å². The van der Waals surface area contributed by atoms with Crippen LogP contribution in [0.15, 0.2) is 59.5 Å². The van der Waals surface area contributed by atoms with Gasteiger partial charge in [0.05, 0.1) is 16.9 Å². The average molecular weight is 401 g/mol. The van der Waals surface area contributed by atoms with Crippen molar-refractivity contribution >= 4 is 15.9 Å². The number of benzene rings is 2. The summed E-state index contributed by atoms with van der Waals surface area (Å²) in [6.45, 7) is 4.77. The minimum Gasteiger partial charge on any atom is -0.349 e. The predicted octanol–water partition coefficient (Wildman–Crippen LogP) is 3.66. The number of nitrogens with one attached hydrogen (secondary N) is 1. The average Bonchev–Trinajstić information content (AvgIpc) is 2.73. The fourth-order valence-electron chi connectivity index (χ4n) is 3.78. The number of hydrogen-bond donors (Lipinski definition) is 1. The van der Waals surface area contributed by atoms with Gasteiger partial charge in [0.15, 0.2) is 0 Å². The van der Waals surface area contributed by atoms with Crippen molar-refractivity contribution < 1.29 is 13.2 Å². The molecular formula is C22H28N2O3S. The zero-order valence-corrected chi connectivity index (χ0v) is 17.3. The Kier molecular flexibility index (Phi) is 6.52. The third-order valence-electron chi connectivity index (χ3n) is 5.42. The zero-order chi connectivity index (χ0) is 20.1. The van der Waals surface area contributed by atoms with Crippen LogP contribution in [0.2, 0.25) is 0 Å². The molecule has 3 rings (SSSR count). The summed E-state index contributed by atoms with van der Waals surface area (Å²) in [5.41, 5.74) is 2.26. The third kappa shape index (κ3) is 4.45. The van der Waals surface area contributed by atoms with Crippen molar-refractivity contribution in [3.8, 4) is 0 Å². The predicted molar refractivity (Wildman–Crippen MR) is 110 cm³/mol. The number of carbonyl (C=O) groups is 1. The molecule has 0 radical (unpaired) electrons. The van der Waals surface area contributed by atoms with Crippen LogP contribution in [0.1, 0.15) is 43.4 Å². The molecule has 1 heterocycles. The van der Waals surface area contributed by atoms with Crippen LogP contribution in [0, 0.1) is 12.8 Å². The van der Waals surface area contributed by atoms with Gasteiger partial charge in [-0.1, -0.05) is 49.4 Å². The standard InChI is InChI=1S/C22H28N2O3S/c1-3-21(20-14-8-7-10-17(20)2)23-22(25)18-11-9-15-24(16-18)28(26,27)19-12-5-4-6-13-19/h4-8,10,12-14,18,21H,3,9,11,15-16H2,1-2H3,(H,23,25). The molecule has 1 amide bonds. The maximum Gasteiger partial charge on any atom is 0.243 e. The largest absolute Gasteiger partial charge is 0.349 e. The molecular weight excluding hydrogens is 372 g/mol. The molecule has 2 atom stereocenters. The summed E-state index contributed by atoms with van der Waals surface area (Å²) in [4.78, 5) is 13.2. The Morgan fingerprint density at radius 3 is 2.50 bits per heavy atom. The molecule has 0 spiro atoms. The Bertz CT molecular complexity index is 912. The molecule has 1 aliphatic rings. The van der Waals surface area contributed by atoms with Crippen LogP contribution in [-0.4, -0.2) is 31.7 Å². The van der Waals surface area contributed by atoms with E-state index in [1.807, 2.05) is 38.1 Å². The van der Waals surface area contributed by atoms with Crippen molar-refractivity contribution in [3.63, 3.8) is 0 Å². The molecule has 150 valence electrons. The molecule has 6 heteroatoms. The first-order chi connectivity index (χ1) is 13.4. The van der Waals surface area contributed by atoms with Crippen LogP contribution in [0.3, 0.4) is 0 Å². The number of aryl methyl sites for hydroxylation is 1. The lowest BCUT2D eigenvalue weighted by atomic mass is 9.95. The van der Waals surface area contributed by atoms with Gasteiger partial charge in [0, 0.05) is 13.1 Å². The normalized spacial score (nSPS) is 19.1. The SMILES string of the molecule is CCC(NC(=O)C1CCCN(S(=O)(=O)c2ccccc2)C1)c1ccccc1C. The molecule has 5 nitrogen and oxygen atoms in total. The molecule has 2 unspecified atom stereocenters. The molecule has 0 saturated carbocycles. The lowest BCUT2D eigenvalue weighted by Crippen LogP contribution is -2.46. The van der Waals surface area contributed by atoms with Gasteiger partial charge in [-0.25, -0.2) is 8.42 Å². The van der Waals surface area contributed by atoms with Gasteiger partial charge in [-0.05, 0) is 49.4 Å². The lowest BCUT2D eigenvalue weighted by molar-refractivity contribution is -0.126. The van der Waals surface area contributed by atoms with Crippen LogP contribution < -0.4 is 5.32 Å². The lowest BCUT2D eigenvalue weighted by Gasteiger charge is -2.32. The Hall–Kier alpha value is -2.18. The van der Waals surface area contributed by atoms with Crippen molar-refractivity contribution in [2.75, 3.05) is 13.1 Å². The molecule has 0 bridgehead atoms. The summed E-state index contributed by atoms with van der Waals surface area (Å²) < 4.78 is 27.2. The number of nitrogens with zero attached hydrogens (tertiary/aromatic N) is 1. The summed E-state index contributed by atoms with van der Waals surface area (Å²) in [6.07, 6.45) is 2.18.